The maximum Gasteiger partial charge on any atom is 0.328 e. The zero-order valence-corrected chi connectivity index (χ0v) is 16.3. The highest BCUT2D eigenvalue weighted by atomic mass is 16.5. The van der Waals surface area contributed by atoms with E-state index in [9.17, 15) is 14.7 Å². The number of amides is 1. The van der Waals surface area contributed by atoms with Crippen LogP contribution in [0.5, 0.6) is 0 Å². The number of hydrogen-bond acceptors (Lipinski definition) is 4. The Bertz CT molecular complexity index is 655. The van der Waals surface area contributed by atoms with Crippen molar-refractivity contribution in [3.05, 3.63) is 35.9 Å². The maximum atomic E-state index is 13.5. The molecule has 2 heterocycles. The van der Waals surface area contributed by atoms with Gasteiger partial charge in [0.25, 0.3) is 0 Å². The number of hydrogen-bond donors (Lipinski definition) is 1. The van der Waals surface area contributed by atoms with Crippen LogP contribution in [0.3, 0.4) is 0 Å². The number of nitrogens with zero attached hydrogens (tertiary/aromatic N) is 2. The molecule has 0 aromatic heterocycles. The van der Waals surface area contributed by atoms with Gasteiger partial charge >= 0.3 is 5.97 Å². The van der Waals surface area contributed by atoms with Gasteiger partial charge in [0.2, 0.25) is 5.91 Å². The highest BCUT2D eigenvalue weighted by molar-refractivity contribution is 5.89. The molecular weight excluding hydrogens is 344 g/mol. The molecule has 2 aliphatic rings. The number of likely N-dealkylation sites (tertiary alicyclic amines) is 1. The van der Waals surface area contributed by atoms with E-state index in [2.05, 4.69) is 11.8 Å². The van der Waals surface area contributed by atoms with E-state index in [1.165, 1.54) is 0 Å². The molecule has 0 radical (unpaired) electrons. The zero-order valence-electron chi connectivity index (χ0n) is 16.3. The van der Waals surface area contributed by atoms with Crippen LogP contribution in [0, 0.1) is 0 Å². The third-order valence-electron chi connectivity index (χ3n) is 5.87. The van der Waals surface area contributed by atoms with E-state index in [-0.39, 0.29) is 18.4 Å². The molecule has 6 nitrogen and oxygen atoms in total. The highest BCUT2D eigenvalue weighted by Gasteiger charge is 2.54. The Morgan fingerprint density at radius 3 is 2.44 bits per heavy atom. The fraction of sp³-hybridized carbons (Fsp3) is 0.619. The lowest BCUT2D eigenvalue weighted by Gasteiger charge is -2.45. The molecule has 0 bridgehead atoms. The Morgan fingerprint density at radius 1 is 1.22 bits per heavy atom. The quantitative estimate of drug-likeness (QED) is 0.829. The first-order valence-electron chi connectivity index (χ1n) is 9.99. The second-order valence-electron chi connectivity index (χ2n) is 7.53. The van der Waals surface area contributed by atoms with Crippen LogP contribution in [-0.2, 0) is 14.3 Å². The summed E-state index contributed by atoms with van der Waals surface area (Å²) in [7, 11) is 0. The molecule has 1 amide bonds. The van der Waals surface area contributed by atoms with E-state index in [4.69, 9.17) is 4.74 Å². The number of benzene rings is 1. The van der Waals surface area contributed by atoms with Gasteiger partial charge in [-0.05, 0) is 24.9 Å². The Hall–Kier alpha value is -1.92. The van der Waals surface area contributed by atoms with E-state index in [0.29, 0.717) is 19.3 Å². The molecule has 1 aromatic rings. The van der Waals surface area contributed by atoms with E-state index >= 15 is 0 Å². The average molecular weight is 374 g/mol. The maximum absolute atomic E-state index is 13.5. The third-order valence-corrected chi connectivity index (χ3v) is 5.87. The Balaban J connectivity index is 1.88. The molecule has 148 valence electrons. The summed E-state index contributed by atoms with van der Waals surface area (Å²) in [6.45, 7) is 6.86. The number of aliphatic carboxylic acids is 1. The van der Waals surface area contributed by atoms with Gasteiger partial charge in [-0.3, -0.25) is 9.69 Å². The minimum absolute atomic E-state index is 0.0695. The van der Waals surface area contributed by atoms with Crippen LogP contribution in [0.4, 0.5) is 0 Å². The van der Waals surface area contributed by atoms with Crippen LogP contribution in [0.25, 0.3) is 0 Å². The first-order valence-corrected chi connectivity index (χ1v) is 9.99. The lowest BCUT2D eigenvalue weighted by atomic mass is 9.91. The van der Waals surface area contributed by atoms with Crippen molar-refractivity contribution in [2.45, 2.75) is 57.2 Å². The van der Waals surface area contributed by atoms with Crippen molar-refractivity contribution in [2.24, 2.45) is 0 Å². The molecule has 27 heavy (non-hydrogen) atoms. The largest absolute Gasteiger partial charge is 0.480 e. The van der Waals surface area contributed by atoms with Gasteiger partial charge in [-0.2, -0.15) is 0 Å². The lowest BCUT2D eigenvalue weighted by molar-refractivity contribution is -0.167. The van der Waals surface area contributed by atoms with E-state index in [1.807, 2.05) is 37.3 Å². The minimum Gasteiger partial charge on any atom is -0.480 e. The summed E-state index contributed by atoms with van der Waals surface area (Å²) < 4.78 is 6.04. The number of carboxylic acid groups (broad SMARTS) is 1. The van der Waals surface area contributed by atoms with E-state index < -0.39 is 17.7 Å². The second kappa shape index (κ2) is 8.40. The van der Waals surface area contributed by atoms with Gasteiger partial charge < -0.3 is 14.7 Å². The van der Waals surface area contributed by atoms with Crippen LogP contribution in [0.2, 0.25) is 0 Å². The van der Waals surface area contributed by atoms with Crippen LogP contribution in [0.15, 0.2) is 30.3 Å². The number of piperidine rings is 1. The van der Waals surface area contributed by atoms with Crippen LogP contribution in [0.1, 0.15) is 51.0 Å². The topological polar surface area (TPSA) is 70.1 Å². The molecule has 0 saturated carbocycles. The summed E-state index contributed by atoms with van der Waals surface area (Å²) in [6, 6.07) is 8.72. The summed E-state index contributed by atoms with van der Waals surface area (Å²) in [5.41, 5.74) is 0.145. The molecule has 2 fully saturated rings. The van der Waals surface area contributed by atoms with Gasteiger partial charge in [-0.15, -0.1) is 0 Å². The normalized spacial score (nSPS) is 23.5. The summed E-state index contributed by atoms with van der Waals surface area (Å²) in [4.78, 5) is 29.3. The Kier molecular flexibility index (Phi) is 6.17. The second-order valence-corrected chi connectivity index (χ2v) is 7.53. The molecule has 1 N–H and O–H groups in total. The average Bonchev–Trinajstić information content (AvgIpc) is 3.04. The summed E-state index contributed by atoms with van der Waals surface area (Å²) in [5.74, 6) is -1.46. The lowest BCUT2D eigenvalue weighted by Crippen LogP contribution is -2.59. The van der Waals surface area contributed by atoms with Crippen LogP contribution >= 0.6 is 0 Å². The highest BCUT2D eigenvalue weighted by Crippen LogP contribution is 2.40. The molecule has 3 rings (SSSR count). The molecule has 2 aliphatic heterocycles. The van der Waals surface area contributed by atoms with Crippen molar-refractivity contribution < 1.29 is 19.4 Å². The number of ether oxygens (including phenoxy) is 1. The fourth-order valence-corrected chi connectivity index (χ4v) is 4.43. The molecule has 6 heteroatoms. The Morgan fingerprint density at radius 2 is 1.89 bits per heavy atom. The van der Waals surface area contributed by atoms with Crippen molar-refractivity contribution in [1.82, 2.24) is 9.80 Å². The molecule has 2 atom stereocenters. The molecule has 0 aliphatic carbocycles. The standard InChI is InChI=1S/C21H30N2O4/c1-3-12-22-13-10-21(11-14-22)23(18(15-27-21)20(25)26)19(24)17(4-2)16-8-6-5-7-9-16/h5-9,17-18H,3-4,10-15H2,1-2H3,(H,25,26)/t17-,18-/m1/s1. The predicted octanol–water partition coefficient (Wildman–Crippen LogP) is 2.69. The molecule has 1 aromatic carbocycles. The minimum atomic E-state index is -0.987. The summed E-state index contributed by atoms with van der Waals surface area (Å²) in [5, 5.41) is 9.72. The van der Waals surface area contributed by atoms with Gasteiger partial charge in [0, 0.05) is 25.9 Å². The van der Waals surface area contributed by atoms with Gasteiger partial charge in [0.05, 0.1) is 12.5 Å². The van der Waals surface area contributed by atoms with Crippen molar-refractivity contribution in [2.75, 3.05) is 26.2 Å². The molecule has 2 saturated heterocycles. The van der Waals surface area contributed by atoms with Gasteiger partial charge in [-0.1, -0.05) is 44.2 Å². The van der Waals surface area contributed by atoms with Crippen LogP contribution in [-0.4, -0.2) is 64.8 Å². The van der Waals surface area contributed by atoms with Gasteiger partial charge in [0.15, 0.2) is 6.04 Å². The van der Waals surface area contributed by atoms with Gasteiger partial charge in [-0.25, -0.2) is 4.79 Å². The van der Waals surface area contributed by atoms with E-state index in [0.717, 1.165) is 31.6 Å². The summed E-state index contributed by atoms with van der Waals surface area (Å²) >= 11 is 0. The smallest absolute Gasteiger partial charge is 0.328 e. The SMILES string of the molecule is CCCN1CCC2(CC1)OC[C@H](C(=O)O)N2C(=O)[C@H](CC)c1ccccc1. The number of carbonyl (C=O) groups excluding carboxylic acids is 1. The fourth-order valence-electron chi connectivity index (χ4n) is 4.43. The van der Waals surface area contributed by atoms with Crippen molar-refractivity contribution >= 4 is 11.9 Å². The molecule has 1 spiro atoms. The third kappa shape index (κ3) is 3.87. The Labute approximate surface area is 161 Å². The molecular formula is C21H30N2O4. The number of rotatable bonds is 6. The number of carbonyl (C=O) groups is 2. The van der Waals surface area contributed by atoms with Crippen LogP contribution < -0.4 is 0 Å². The molecule has 0 unspecified atom stereocenters. The summed E-state index contributed by atoms with van der Waals surface area (Å²) in [6.07, 6.45) is 3.03. The van der Waals surface area contributed by atoms with Crippen molar-refractivity contribution in [1.29, 1.82) is 0 Å². The predicted molar refractivity (Wildman–Crippen MR) is 102 cm³/mol. The first kappa shape index (κ1) is 19.8. The zero-order chi connectivity index (χ0) is 19.4. The monoisotopic (exact) mass is 374 g/mol. The van der Waals surface area contributed by atoms with E-state index in [1.54, 1.807) is 4.90 Å². The number of carboxylic acids is 1. The first-order chi connectivity index (χ1) is 13.0. The van der Waals surface area contributed by atoms with Gasteiger partial charge in [0.1, 0.15) is 5.72 Å². The van der Waals surface area contributed by atoms with Crippen molar-refractivity contribution in [3.8, 4) is 0 Å². The van der Waals surface area contributed by atoms with Crippen molar-refractivity contribution in [3.63, 3.8) is 0 Å².